The number of pyridine rings is 1. The Labute approximate surface area is 211 Å². The molecular formula is C23H25N5O6S2. The number of rotatable bonds is 10. The zero-order valence-corrected chi connectivity index (χ0v) is 20.9. The number of fused-ring (bicyclic) bond motifs is 1. The molecule has 3 heterocycles. The Morgan fingerprint density at radius 3 is 2.67 bits per heavy atom. The van der Waals surface area contributed by atoms with Crippen LogP contribution in [0.2, 0.25) is 0 Å². The van der Waals surface area contributed by atoms with Crippen LogP contribution in [0.3, 0.4) is 0 Å². The molecule has 0 radical (unpaired) electrons. The number of nitrogens with one attached hydrogen (secondary N) is 1. The lowest BCUT2D eigenvalue weighted by Crippen LogP contribution is -2.25. The van der Waals surface area contributed by atoms with Crippen LogP contribution in [0.1, 0.15) is 24.8 Å². The minimum absolute atomic E-state index is 0.00328. The molecule has 3 N–H and O–H groups in total. The molecule has 1 saturated heterocycles. The first kappa shape index (κ1) is 24.6. The number of hydrogen-bond donors (Lipinski definition) is 2. The molecule has 3 aromatic rings. The number of anilines is 1. The van der Waals surface area contributed by atoms with Crippen LogP contribution in [0.25, 0.3) is 10.3 Å². The molecule has 1 aliphatic heterocycles. The van der Waals surface area contributed by atoms with Crippen molar-refractivity contribution in [1.29, 1.82) is 0 Å². The molecule has 36 heavy (non-hydrogen) atoms. The summed E-state index contributed by atoms with van der Waals surface area (Å²) in [5.41, 5.74) is 6.48. The van der Waals surface area contributed by atoms with Crippen molar-refractivity contribution in [2.75, 3.05) is 31.7 Å². The highest BCUT2D eigenvalue weighted by atomic mass is 32.2. The molecule has 5 rings (SSSR count). The first-order valence-electron chi connectivity index (χ1n) is 11.5. The summed E-state index contributed by atoms with van der Waals surface area (Å²) < 4.78 is 35.8. The zero-order chi connectivity index (χ0) is 25.1. The van der Waals surface area contributed by atoms with Crippen molar-refractivity contribution in [3.8, 4) is 5.88 Å². The maximum Gasteiger partial charge on any atom is 0.280 e. The van der Waals surface area contributed by atoms with E-state index in [1.54, 1.807) is 24.3 Å². The van der Waals surface area contributed by atoms with Crippen molar-refractivity contribution in [2.45, 2.75) is 35.5 Å². The zero-order valence-electron chi connectivity index (χ0n) is 19.3. The molecule has 0 spiro atoms. The van der Waals surface area contributed by atoms with Crippen LogP contribution in [-0.2, 0) is 24.2 Å². The molecule has 13 heteroatoms. The number of hydrogen-bond acceptors (Lipinski definition) is 11. The van der Waals surface area contributed by atoms with Crippen molar-refractivity contribution < 1.29 is 27.5 Å². The van der Waals surface area contributed by atoms with E-state index in [1.165, 1.54) is 23.5 Å². The summed E-state index contributed by atoms with van der Waals surface area (Å²) in [5, 5.41) is 6.87. The second-order valence-electron chi connectivity index (χ2n) is 8.38. The lowest BCUT2D eigenvalue weighted by Gasteiger charge is -2.10. The monoisotopic (exact) mass is 531 g/mol. The summed E-state index contributed by atoms with van der Waals surface area (Å²) in [6, 6.07) is 9.54. The van der Waals surface area contributed by atoms with Gasteiger partial charge in [0, 0.05) is 24.6 Å². The standard InChI is InChI=1S/C23H25N5O6S2/c24-10-12-33-19-8-7-18-22(26-19)35-23(25-18)27-21(29)20(28-34-15-9-11-32-13-15)14-1-3-16(4-2-14)36(30,31)17-5-6-17/h1-4,7-8,15,17H,5-6,9-13,24H2,(H,25,27,29)/t15-/m1/s1. The molecule has 2 fully saturated rings. The molecular weight excluding hydrogens is 506 g/mol. The lowest BCUT2D eigenvalue weighted by atomic mass is 10.1. The summed E-state index contributed by atoms with van der Waals surface area (Å²) >= 11 is 1.18. The Kier molecular flexibility index (Phi) is 7.14. The topological polar surface area (TPSA) is 155 Å². The van der Waals surface area contributed by atoms with Gasteiger partial charge in [-0.15, -0.1) is 0 Å². The molecule has 11 nitrogen and oxygen atoms in total. The summed E-state index contributed by atoms with van der Waals surface area (Å²) in [4.78, 5) is 28.4. The van der Waals surface area contributed by atoms with Gasteiger partial charge in [-0.3, -0.25) is 10.1 Å². The van der Waals surface area contributed by atoms with E-state index < -0.39 is 15.7 Å². The van der Waals surface area contributed by atoms with Crippen LogP contribution in [0, 0.1) is 0 Å². The van der Waals surface area contributed by atoms with Crippen LogP contribution in [0.5, 0.6) is 5.88 Å². The molecule has 0 unspecified atom stereocenters. The highest BCUT2D eigenvalue weighted by molar-refractivity contribution is 7.92. The van der Waals surface area contributed by atoms with E-state index in [-0.39, 0.29) is 22.0 Å². The number of carbonyl (C=O) groups is 1. The van der Waals surface area contributed by atoms with Crippen molar-refractivity contribution in [3.05, 3.63) is 42.0 Å². The molecule has 2 aliphatic rings. The Bertz CT molecular complexity index is 1380. The first-order chi connectivity index (χ1) is 17.4. The van der Waals surface area contributed by atoms with Crippen LogP contribution >= 0.6 is 11.3 Å². The molecule has 1 aliphatic carbocycles. The van der Waals surface area contributed by atoms with Crippen LogP contribution < -0.4 is 15.8 Å². The summed E-state index contributed by atoms with van der Waals surface area (Å²) in [6.07, 6.45) is 1.75. The van der Waals surface area contributed by atoms with Gasteiger partial charge in [-0.05, 0) is 31.0 Å². The molecule has 190 valence electrons. The molecule has 2 aromatic heterocycles. The number of benzene rings is 1. The smallest absolute Gasteiger partial charge is 0.280 e. The molecule has 1 saturated carbocycles. The summed E-state index contributed by atoms with van der Waals surface area (Å²) in [5.74, 6) is -0.129. The predicted molar refractivity (Wildman–Crippen MR) is 134 cm³/mol. The Hall–Kier alpha value is -3.13. The first-order valence-corrected chi connectivity index (χ1v) is 13.9. The van der Waals surface area contributed by atoms with Gasteiger partial charge in [0.1, 0.15) is 17.0 Å². The minimum Gasteiger partial charge on any atom is -0.476 e. The predicted octanol–water partition coefficient (Wildman–Crippen LogP) is 2.11. The third-order valence-corrected chi connectivity index (χ3v) is 8.79. The lowest BCUT2D eigenvalue weighted by molar-refractivity contribution is -0.110. The van der Waals surface area contributed by atoms with Gasteiger partial charge in [0.25, 0.3) is 5.91 Å². The maximum atomic E-state index is 13.2. The summed E-state index contributed by atoms with van der Waals surface area (Å²) in [6.45, 7) is 1.65. The number of aromatic nitrogens is 2. The highest BCUT2D eigenvalue weighted by Gasteiger charge is 2.36. The fraction of sp³-hybridized carbons (Fsp3) is 0.391. The van der Waals surface area contributed by atoms with Gasteiger partial charge in [0.15, 0.2) is 26.8 Å². The number of thiazole rings is 1. The second-order valence-corrected chi connectivity index (χ2v) is 11.6. The van der Waals surface area contributed by atoms with E-state index in [0.29, 0.717) is 72.5 Å². The third-order valence-electron chi connectivity index (χ3n) is 5.63. The Morgan fingerprint density at radius 1 is 1.17 bits per heavy atom. The number of nitrogens with two attached hydrogens (primary N) is 1. The number of sulfone groups is 1. The van der Waals surface area contributed by atoms with E-state index in [0.717, 1.165) is 0 Å². The van der Waals surface area contributed by atoms with Crippen molar-refractivity contribution in [1.82, 2.24) is 9.97 Å². The fourth-order valence-electron chi connectivity index (χ4n) is 3.58. The molecule has 1 aromatic carbocycles. The average molecular weight is 532 g/mol. The number of oxime groups is 1. The van der Waals surface area contributed by atoms with E-state index in [9.17, 15) is 13.2 Å². The van der Waals surface area contributed by atoms with Gasteiger partial charge in [-0.2, -0.15) is 0 Å². The Morgan fingerprint density at radius 2 is 1.97 bits per heavy atom. The number of ether oxygens (including phenoxy) is 2. The third kappa shape index (κ3) is 5.48. The van der Waals surface area contributed by atoms with Crippen molar-refractivity contribution in [3.63, 3.8) is 0 Å². The van der Waals surface area contributed by atoms with Gasteiger partial charge in [0.05, 0.1) is 23.4 Å². The van der Waals surface area contributed by atoms with E-state index >= 15 is 0 Å². The quantitative estimate of drug-likeness (QED) is 0.295. The summed E-state index contributed by atoms with van der Waals surface area (Å²) in [7, 11) is -3.35. The second kappa shape index (κ2) is 10.5. The largest absolute Gasteiger partial charge is 0.476 e. The molecule has 1 atom stereocenters. The van der Waals surface area contributed by atoms with E-state index in [4.69, 9.17) is 20.0 Å². The van der Waals surface area contributed by atoms with Crippen molar-refractivity contribution >= 4 is 48.3 Å². The normalized spacial score (nSPS) is 18.4. The van der Waals surface area contributed by atoms with Crippen LogP contribution in [-0.4, -0.2) is 67.7 Å². The Balaban J connectivity index is 1.38. The van der Waals surface area contributed by atoms with Crippen LogP contribution in [0.15, 0.2) is 46.4 Å². The minimum atomic E-state index is -3.35. The molecule has 0 bridgehead atoms. The average Bonchev–Trinajstić information content (AvgIpc) is 3.48. The number of carbonyl (C=O) groups excluding carboxylic acids is 1. The molecule has 1 amide bonds. The maximum absolute atomic E-state index is 13.2. The number of nitrogens with zero attached hydrogens (tertiary/aromatic N) is 3. The van der Waals surface area contributed by atoms with Gasteiger partial charge in [-0.1, -0.05) is 28.6 Å². The van der Waals surface area contributed by atoms with Gasteiger partial charge >= 0.3 is 0 Å². The van der Waals surface area contributed by atoms with Crippen molar-refractivity contribution in [2.24, 2.45) is 10.9 Å². The van der Waals surface area contributed by atoms with E-state index in [1.807, 2.05) is 0 Å². The van der Waals surface area contributed by atoms with Crippen LogP contribution in [0.4, 0.5) is 5.13 Å². The SMILES string of the molecule is NCCOc1ccc2nc(NC(=O)C(=NO[C@@H]3CCOC3)c3ccc(S(=O)(=O)C4CC4)cc3)sc2n1. The van der Waals surface area contributed by atoms with Gasteiger partial charge in [0.2, 0.25) is 5.88 Å². The van der Waals surface area contributed by atoms with Gasteiger partial charge in [-0.25, -0.2) is 18.4 Å². The number of amides is 1. The fourth-order valence-corrected chi connectivity index (χ4v) is 6.06. The van der Waals surface area contributed by atoms with Gasteiger partial charge < -0.3 is 20.0 Å². The highest BCUT2D eigenvalue weighted by Crippen LogP contribution is 2.33. The van der Waals surface area contributed by atoms with E-state index in [2.05, 4.69) is 20.4 Å².